The second-order valence-corrected chi connectivity index (χ2v) is 13.4. The van der Waals surface area contributed by atoms with Crippen molar-refractivity contribution in [2.24, 2.45) is 17.8 Å². The van der Waals surface area contributed by atoms with E-state index >= 15 is 0 Å². The fraction of sp³-hybridized carbons (Fsp3) is 0.528. The summed E-state index contributed by atoms with van der Waals surface area (Å²) in [6.45, 7) is 11.8. The summed E-state index contributed by atoms with van der Waals surface area (Å²) in [6.07, 6.45) is 1.09. The summed E-state index contributed by atoms with van der Waals surface area (Å²) in [5.41, 5.74) is 1.24. The molecule has 1 aliphatic heterocycles. The number of nitrogens with one attached hydrogen (secondary N) is 2. The van der Waals surface area contributed by atoms with Crippen LogP contribution in [0.2, 0.25) is 0 Å². The number of carbonyl (C=O) groups is 5. The molecule has 2 aromatic rings. The van der Waals surface area contributed by atoms with Gasteiger partial charge < -0.3 is 20.4 Å². The Kier molecular flexibility index (Phi) is 12.7. The molecule has 1 fully saturated rings. The van der Waals surface area contributed by atoms with Gasteiger partial charge in [0.05, 0.1) is 11.7 Å². The molecule has 2 N–H and O–H groups in total. The van der Waals surface area contributed by atoms with Crippen molar-refractivity contribution in [3.8, 4) is 0 Å². The number of likely N-dealkylation sites (tertiary alicyclic amines) is 1. The zero-order valence-electron chi connectivity index (χ0n) is 28.7. The summed E-state index contributed by atoms with van der Waals surface area (Å²) in [5, 5.41) is 5.86. The minimum Gasteiger partial charge on any atom is -0.343 e. The van der Waals surface area contributed by atoms with Crippen molar-refractivity contribution in [3.05, 3.63) is 65.7 Å². The Labute approximate surface area is 273 Å². The van der Waals surface area contributed by atoms with E-state index < -0.39 is 24.2 Å². The van der Waals surface area contributed by atoms with Gasteiger partial charge >= 0.3 is 0 Å². The summed E-state index contributed by atoms with van der Waals surface area (Å²) in [5.74, 6) is -1.97. The highest BCUT2D eigenvalue weighted by Crippen LogP contribution is 2.26. The lowest BCUT2D eigenvalue weighted by Crippen LogP contribution is -2.60. The van der Waals surface area contributed by atoms with Crippen LogP contribution >= 0.6 is 0 Å². The largest absolute Gasteiger partial charge is 0.343 e. The maximum Gasteiger partial charge on any atom is 0.247 e. The van der Waals surface area contributed by atoms with Crippen LogP contribution in [0.5, 0.6) is 0 Å². The van der Waals surface area contributed by atoms with E-state index in [9.17, 15) is 24.0 Å². The summed E-state index contributed by atoms with van der Waals surface area (Å²) >= 11 is 0. The average molecular weight is 634 g/mol. The standard InChI is InChI=1S/C36H51N5O5/c1-22(2)29(38-34(44)30(23(3)4)39(7)8)35(45)40(9)31(24(5)6)36(46)41-21-15-20-28(41)33(43)37-27-19-14-13-18-26(27)32(42)25-16-11-10-12-17-25/h10-14,16-19,22-24,28-31H,15,20-21H2,1-9H3,(H,37,43)(H,38,44)/t28-,29-,30-,31-/m0/s1. The summed E-state index contributed by atoms with van der Waals surface area (Å²) < 4.78 is 0. The number of hydrogen-bond acceptors (Lipinski definition) is 6. The molecule has 0 radical (unpaired) electrons. The van der Waals surface area contributed by atoms with E-state index in [1.165, 1.54) is 4.90 Å². The second kappa shape index (κ2) is 16.0. The third-order valence-corrected chi connectivity index (χ3v) is 8.64. The quantitative estimate of drug-likeness (QED) is 0.321. The van der Waals surface area contributed by atoms with E-state index in [0.29, 0.717) is 36.2 Å². The fourth-order valence-corrected chi connectivity index (χ4v) is 6.36. The molecule has 0 saturated carbocycles. The monoisotopic (exact) mass is 633 g/mol. The molecule has 0 spiro atoms. The molecule has 46 heavy (non-hydrogen) atoms. The predicted molar refractivity (Wildman–Crippen MR) is 180 cm³/mol. The first kappa shape index (κ1) is 36.4. The van der Waals surface area contributed by atoms with Crippen LogP contribution in [0, 0.1) is 17.8 Å². The number of anilines is 1. The van der Waals surface area contributed by atoms with Crippen LogP contribution in [0.4, 0.5) is 5.69 Å². The maximum atomic E-state index is 14.2. The molecule has 250 valence electrons. The van der Waals surface area contributed by atoms with Gasteiger partial charge in [-0.15, -0.1) is 0 Å². The Morgan fingerprint density at radius 2 is 1.37 bits per heavy atom. The number of rotatable bonds is 13. The van der Waals surface area contributed by atoms with Crippen LogP contribution in [0.1, 0.15) is 70.3 Å². The SMILES string of the molecule is CC(C)[C@H](NC(=O)[C@H](C(C)C)N(C)C)C(=O)N(C)[C@H](C(=O)N1CCC[C@H]1C(=O)Nc1ccccc1C(=O)c1ccccc1)C(C)C. The molecule has 3 rings (SSSR count). The highest BCUT2D eigenvalue weighted by Gasteiger charge is 2.42. The number of ketones is 1. The maximum absolute atomic E-state index is 14.2. The first-order valence-electron chi connectivity index (χ1n) is 16.2. The van der Waals surface area contributed by atoms with Gasteiger partial charge in [0.1, 0.15) is 18.1 Å². The van der Waals surface area contributed by atoms with Crippen molar-refractivity contribution in [3.63, 3.8) is 0 Å². The van der Waals surface area contributed by atoms with Crippen LogP contribution in [0.15, 0.2) is 54.6 Å². The highest BCUT2D eigenvalue weighted by atomic mass is 16.2. The molecule has 10 heteroatoms. The van der Waals surface area contributed by atoms with Crippen molar-refractivity contribution in [1.29, 1.82) is 0 Å². The molecular weight excluding hydrogens is 582 g/mol. The van der Waals surface area contributed by atoms with Crippen molar-refractivity contribution in [2.75, 3.05) is 33.0 Å². The third kappa shape index (κ3) is 8.40. The smallest absolute Gasteiger partial charge is 0.247 e. The summed E-state index contributed by atoms with van der Waals surface area (Å²) in [7, 11) is 5.26. The molecule has 0 bridgehead atoms. The van der Waals surface area contributed by atoms with Crippen molar-refractivity contribution < 1.29 is 24.0 Å². The Morgan fingerprint density at radius 3 is 1.93 bits per heavy atom. The molecule has 4 amide bonds. The Morgan fingerprint density at radius 1 is 0.783 bits per heavy atom. The van der Waals surface area contributed by atoms with E-state index in [1.807, 2.05) is 66.6 Å². The molecule has 2 aromatic carbocycles. The highest BCUT2D eigenvalue weighted by molar-refractivity contribution is 6.14. The molecule has 0 unspecified atom stereocenters. The summed E-state index contributed by atoms with van der Waals surface area (Å²) in [6, 6.07) is 12.8. The van der Waals surface area contributed by atoms with E-state index in [0.717, 1.165) is 0 Å². The molecule has 4 atom stereocenters. The second-order valence-electron chi connectivity index (χ2n) is 13.4. The first-order chi connectivity index (χ1) is 21.7. The minimum atomic E-state index is -0.847. The van der Waals surface area contributed by atoms with Crippen molar-refractivity contribution >= 4 is 35.1 Å². The van der Waals surface area contributed by atoms with Crippen LogP contribution in [0.3, 0.4) is 0 Å². The van der Waals surface area contributed by atoms with Gasteiger partial charge in [0.25, 0.3) is 0 Å². The molecule has 0 aliphatic carbocycles. The lowest BCUT2D eigenvalue weighted by atomic mass is 9.96. The van der Waals surface area contributed by atoms with Crippen LogP contribution in [-0.2, 0) is 19.2 Å². The van der Waals surface area contributed by atoms with Crippen LogP contribution in [0.25, 0.3) is 0 Å². The Bertz CT molecular complexity index is 1380. The number of para-hydroxylation sites is 1. The van der Waals surface area contributed by atoms with Crippen molar-refractivity contribution in [2.45, 2.75) is 78.6 Å². The zero-order chi connectivity index (χ0) is 34.3. The van der Waals surface area contributed by atoms with E-state index in [2.05, 4.69) is 10.6 Å². The van der Waals surface area contributed by atoms with E-state index in [-0.39, 0.29) is 47.2 Å². The predicted octanol–water partition coefficient (Wildman–Crippen LogP) is 4.06. The molecular formula is C36H51N5O5. The van der Waals surface area contributed by atoms with Gasteiger partial charge in [-0.3, -0.25) is 28.9 Å². The topological polar surface area (TPSA) is 119 Å². The lowest BCUT2D eigenvalue weighted by Gasteiger charge is -2.38. The number of amides is 4. The van der Waals surface area contributed by atoms with E-state index in [4.69, 9.17) is 0 Å². The molecule has 0 aromatic heterocycles. The van der Waals surface area contributed by atoms with E-state index in [1.54, 1.807) is 60.5 Å². The third-order valence-electron chi connectivity index (χ3n) is 8.64. The number of carbonyl (C=O) groups excluding carboxylic acids is 5. The van der Waals surface area contributed by atoms with Crippen molar-refractivity contribution in [1.82, 2.24) is 20.0 Å². The molecule has 1 saturated heterocycles. The molecule has 10 nitrogen and oxygen atoms in total. The van der Waals surface area contributed by atoms with Crippen LogP contribution in [-0.4, -0.2) is 96.0 Å². The van der Waals surface area contributed by atoms with Gasteiger partial charge in [0.2, 0.25) is 23.6 Å². The fourth-order valence-electron chi connectivity index (χ4n) is 6.36. The van der Waals surface area contributed by atoms with Gasteiger partial charge in [-0.25, -0.2) is 0 Å². The number of hydrogen-bond donors (Lipinski definition) is 2. The van der Waals surface area contributed by atoms with Crippen LogP contribution < -0.4 is 10.6 Å². The normalized spacial score (nSPS) is 16.8. The zero-order valence-corrected chi connectivity index (χ0v) is 28.7. The lowest BCUT2D eigenvalue weighted by molar-refractivity contribution is -0.150. The van der Waals surface area contributed by atoms with Gasteiger partial charge in [-0.2, -0.15) is 0 Å². The van der Waals surface area contributed by atoms with Gasteiger partial charge in [-0.1, -0.05) is 84.0 Å². The Balaban J connectivity index is 1.81. The number of benzene rings is 2. The number of nitrogens with zero attached hydrogens (tertiary/aromatic N) is 3. The van der Waals surface area contributed by atoms with Gasteiger partial charge in [-0.05, 0) is 56.8 Å². The first-order valence-corrected chi connectivity index (χ1v) is 16.2. The van der Waals surface area contributed by atoms with Gasteiger partial charge in [0, 0.05) is 24.7 Å². The summed E-state index contributed by atoms with van der Waals surface area (Å²) in [4.78, 5) is 73.1. The average Bonchev–Trinajstić information content (AvgIpc) is 3.50. The Hall–Kier alpha value is -4.05. The van der Waals surface area contributed by atoms with Gasteiger partial charge in [0.15, 0.2) is 5.78 Å². The minimum absolute atomic E-state index is 0.0299. The molecule has 1 heterocycles. The number of likely N-dealkylation sites (N-methyl/N-ethyl adjacent to an activating group) is 2. The molecule has 1 aliphatic rings.